The predicted molar refractivity (Wildman–Crippen MR) is 123 cm³/mol. The molecule has 4 aliphatic rings. The Morgan fingerprint density at radius 1 is 0.710 bits per heavy atom. The Morgan fingerprint density at radius 3 is 1.29 bits per heavy atom. The van der Waals surface area contributed by atoms with Gasteiger partial charge in [0.05, 0.1) is 6.61 Å². The van der Waals surface area contributed by atoms with Gasteiger partial charge in [-0.1, -0.05) is 96.5 Å². The molecule has 0 atom stereocenters. The molecule has 0 bridgehead atoms. The van der Waals surface area contributed by atoms with Crippen LogP contribution in [0.25, 0.3) is 0 Å². The van der Waals surface area contributed by atoms with E-state index in [2.05, 4.69) is 6.58 Å². The van der Waals surface area contributed by atoms with Crippen LogP contribution in [0.3, 0.4) is 0 Å². The molecule has 1 N–H and O–H groups in total. The molecule has 0 unspecified atom stereocenters. The van der Waals surface area contributed by atoms with Gasteiger partial charge in [-0.3, -0.25) is 0 Å². The van der Waals surface area contributed by atoms with Gasteiger partial charge in [0.1, 0.15) is 0 Å². The van der Waals surface area contributed by atoms with E-state index in [1.807, 2.05) is 0 Å². The maximum Gasteiger partial charge on any atom is 0.333 e. The first-order chi connectivity index (χ1) is 14.1. The fourth-order valence-electron chi connectivity index (χ4n) is 4.45. The van der Waals surface area contributed by atoms with Crippen molar-refractivity contribution >= 4 is 5.97 Å². The fourth-order valence-corrected chi connectivity index (χ4v) is 4.45. The molecule has 0 aromatic heterocycles. The third kappa shape index (κ3) is 19.4. The van der Waals surface area contributed by atoms with Crippen LogP contribution in [0.4, 0.5) is 0 Å². The second-order valence-electron chi connectivity index (χ2n) is 9.40. The van der Waals surface area contributed by atoms with Gasteiger partial charge in [0.15, 0.2) is 0 Å². The molecule has 0 spiro atoms. The first kappa shape index (κ1) is 33.4. The Kier molecular flexibility index (Phi) is 25.2. The van der Waals surface area contributed by atoms with Crippen molar-refractivity contribution in [2.75, 3.05) is 13.2 Å². The van der Waals surface area contributed by atoms with Gasteiger partial charge in [-0.15, -0.1) is 0 Å². The summed E-state index contributed by atoms with van der Waals surface area (Å²) in [5.41, 5.74) is 0.494. The first-order valence-electron chi connectivity index (χ1n) is 12.6. The maximum absolute atomic E-state index is 11.0. The molecular formula is C26H48Fe2O3. The molecule has 0 aliphatic heterocycles. The molecule has 4 aliphatic carbocycles. The number of aliphatic hydroxyl groups is 1. The molecule has 0 radical (unpaired) electrons. The van der Waals surface area contributed by atoms with Crippen LogP contribution in [-0.4, -0.2) is 24.3 Å². The van der Waals surface area contributed by atoms with Gasteiger partial charge in [0, 0.05) is 46.3 Å². The third-order valence-electron chi connectivity index (χ3n) is 6.51. The van der Waals surface area contributed by atoms with Crippen molar-refractivity contribution in [2.24, 2.45) is 11.8 Å². The molecule has 0 saturated heterocycles. The van der Waals surface area contributed by atoms with E-state index in [4.69, 9.17) is 9.84 Å². The molecule has 0 heterocycles. The average molecular weight is 520 g/mol. The standard InChI is InChI=1S/C10H16O2.C6H12O.2C5H10.2Fe/c1-8(2)10(11)12-7-9-5-3-4-6-9;7-5-6-3-1-2-4-6;2*1-2-4-5-3-1;;/h9H,1,3-7H2,2H3;6-7H,1-5H2;2*1-5H2;;. The minimum absolute atomic E-state index is 0. The number of carbonyl (C=O) groups excluding carboxylic acids is 1. The first-order valence-corrected chi connectivity index (χ1v) is 12.6. The zero-order valence-corrected chi connectivity index (χ0v) is 22.2. The molecule has 3 nitrogen and oxygen atoms in total. The van der Waals surface area contributed by atoms with E-state index >= 15 is 0 Å². The molecule has 4 saturated carbocycles. The number of hydrogen-bond donors (Lipinski definition) is 1. The normalized spacial score (nSPS) is 19.9. The maximum atomic E-state index is 11.0. The van der Waals surface area contributed by atoms with E-state index in [1.165, 1.54) is 116 Å². The van der Waals surface area contributed by atoms with Crippen molar-refractivity contribution in [3.05, 3.63) is 12.2 Å². The van der Waals surface area contributed by atoms with E-state index in [1.54, 1.807) is 6.92 Å². The fraction of sp³-hybridized carbons (Fsp3) is 0.885. The summed E-state index contributed by atoms with van der Waals surface area (Å²) in [6, 6.07) is 0. The summed E-state index contributed by atoms with van der Waals surface area (Å²) in [5, 5.41) is 8.57. The summed E-state index contributed by atoms with van der Waals surface area (Å²) < 4.78 is 5.05. The summed E-state index contributed by atoms with van der Waals surface area (Å²) in [6.45, 7) is 6.21. The van der Waals surface area contributed by atoms with Crippen LogP contribution in [-0.2, 0) is 43.7 Å². The van der Waals surface area contributed by atoms with Crippen molar-refractivity contribution in [2.45, 2.75) is 122 Å². The zero-order valence-electron chi connectivity index (χ0n) is 20.0. The largest absolute Gasteiger partial charge is 0.462 e. The van der Waals surface area contributed by atoms with Crippen molar-refractivity contribution in [3.63, 3.8) is 0 Å². The number of esters is 1. The Labute approximate surface area is 213 Å². The second kappa shape index (κ2) is 23.4. The van der Waals surface area contributed by atoms with E-state index in [0.29, 0.717) is 30.6 Å². The molecule has 0 aromatic carbocycles. The van der Waals surface area contributed by atoms with E-state index < -0.39 is 0 Å². The van der Waals surface area contributed by atoms with E-state index in [0.717, 1.165) is 0 Å². The Bertz CT molecular complexity index is 384. The van der Waals surface area contributed by atoms with Gasteiger partial charge in [-0.2, -0.15) is 0 Å². The quantitative estimate of drug-likeness (QED) is 0.239. The summed E-state index contributed by atoms with van der Waals surface area (Å²) >= 11 is 0. The molecule has 4 fully saturated rings. The van der Waals surface area contributed by atoms with Crippen molar-refractivity contribution in [3.8, 4) is 0 Å². The van der Waals surface area contributed by atoms with Crippen LogP contribution in [0, 0.1) is 11.8 Å². The predicted octanol–water partition coefficient (Wildman–Crippen LogP) is 7.36. The second-order valence-corrected chi connectivity index (χ2v) is 9.40. The molecule has 4 rings (SSSR count). The van der Waals surface area contributed by atoms with Gasteiger partial charge in [0.25, 0.3) is 0 Å². The summed E-state index contributed by atoms with van der Waals surface area (Å²) in [4.78, 5) is 11.0. The number of aliphatic hydroxyl groups excluding tert-OH is 1. The molecular weight excluding hydrogens is 472 g/mol. The summed E-state index contributed by atoms with van der Waals surface area (Å²) in [6.07, 6.45) is 25.2. The average Bonchev–Trinajstić information content (AvgIpc) is 3.58. The van der Waals surface area contributed by atoms with Crippen LogP contribution in [0.2, 0.25) is 0 Å². The van der Waals surface area contributed by atoms with Crippen LogP contribution >= 0.6 is 0 Å². The molecule has 31 heavy (non-hydrogen) atoms. The van der Waals surface area contributed by atoms with Crippen molar-refractivity contribution < 1.29 is 48.8 Å². The van der Waals surface area contributed by atoms with Gasteiger partial charge < -0.3 is 9.84 Å². The Balaban J connectivity index is 0. The minimum Gasteiger partial charge on any atom is -0.462 e. The third-order valence-corrected chi connectivity index (χ3v) is 6.51. The van der Waals surface area contributed by atoms with E-state index in [9.17, 15) is 4.79 Å². The van der Waals surface area contributed by atoms with Gasteiger partial charge >= 0.3 is 5.97 Å². The van der Waals surface area contributed by atoms with Gasteiger partial charge in [-0.05, 0) is 44.4 Å². The Hall–Kier alpha value is 0.209. The SMILES string of the molecule is C1CCCC1.C1CCCC1.C=C(C)C(=O)OCC1CCCC1.OCC1CCCC1.[Fe].[Fe]. The number of ether oxygens (including phenoxy) is 1. The van der Waals surface area contributed by atoms with Crippen molar-refractivity contribution in [1.82, 2.24) is 0 Å². The van der Waals surface area contributed by atoms with Gasteiger partial charge in [0.2, 0.25) is 0 Å². The number of carbonyl (C=O) groups is 1. The van der Waals surface area contributed by atoms with Crippen LogP contribution < -0.4 is 0 Å². The van der Waals surface area contributed by atoms with Crippen LogP contribution in [0.15, 0.2) is 12.2 Å². The van der Waals surface area contributed by atoms with Gasteiger partial charge in [-0.25, -0.2) is 4.79 Å². The Morgan fingerprint density at radius 2 is 1.03 bits per heavy atom. The molecule has 186 valence electrons. The number of rotatable bonds is 4. The smallest absolute Gasteiger partial charge is 0.333 e. The van der Waals surface area contributed by atoms with E-state index in [-0.39, 0.29) is 40.1 Å². The monoisotopic (exact) mass is 520 g/mol. The molecule has 0 amide bonds. The van der Waals surface area contributed by atoms with Crippen LogP contribution in [0.5, 0.6) is 0 Å². The minimum atomic E-state index is -0.248. The molecule has 5 heteroatoms. The van der Waals surface area contributed by atoms with Crippen LogP contribution in [0.1, 0.15) is 122 Å². The van der Waals surface area contributed by atoms with Crippen molar-refractivity contribution in [1.29, 1.82) is 0 Å². The summed E-state index contributed by atoms with van der Waals surface area (Å²) in [7, 11) is 0. The summed E-state index contributed by atoms with van der Waals surface area (Å²) in [5.74, 6) is 1.01. The number of hydrogen-bond acceptors (Lipinski definition) is 3. The zero-order chi connectivity index (χ0) is 21.2. The molecule has 0 aromatic rings. The topological polar surface area (TPSA) is 46.5 Å².